The van der Waals surface area contributed by atoms with Crippen molar-refractivity contribution in [2.24, 2.45) is 0 Å². The van der Waals surface area contributed by atoms with E-state index in [-0.39, 0.29) is 41.3 Å². The molecule has 0 spiro atoms. The third-order valence-electron chi connectivity index (χ3n) is 5.31. The second-order valence-corrected chi connectivity index (χ2v) is 8.91. The predicted octanol–water partition coefficient (Wildman–Crippen LogP) is 6.17. The second-order valence-electron chi connectivity index (χ2n) is 8.09. The molecule has 0 saturated heterocycles. The minimum atomic E-state index is -0.745. The summed E-state index contributed by atoms with van der Waals surface area (Å²) < 4.78 is 21.1. The number of ether oxygens (including phenoxy) is 4. The van der Waals surface area contributed by atoms with E-state index in [9.17, 15) is 14.4 Å². The van der Waals surface area contributed by atoms with Crippen molar-refractivity contribution in [1.82, 2.24) is 5.32 Å². The molecule has 0 unspecified atom stereocenters. The van der Waals surface area contributed by atoms with Gasteiger partial charge < -0.3 is 24.3 Å². The maximum Gasteiger partial charge on any atom is 0.407 e. The van der Waals surface area contributed by atoms with Crippen molar-refractivity contribution in [2.75, 3.05) is 26.9 Å². The van der Waals surface area contributed by atoms with Gasteiger partial charge in [0.15, 0.2) is 11.5 Å². The van der Waals surface area contributed by atoms with E-state index in [1.54, 1.807) is 49.4 Å². The predicted molar refractivity (Wildman–Crippen MR) is 144 cm³/mol. The Bertz CT molecular complexity index is 1290. The number of hydrogen-bond acceptors (Lipinski definition) is 7. The number of benzene rings is 3. The van der Waals surface area contributed by atoms with Crippen LogP contribution >= 0.6 is 23.2 Å². The number of amides is 1. The average molecular weight is 560 g/mol. The van der Waals surface area contributed by atoms with Gasteiger partial charge in [-0.1, -0.05) is 53.0 Å². The summed E-state index contributed by atoms with van der Waals surface area (Å²) in [5.74, 6) is 0.193. The molecule has 0 aromatic heterocycles. The largest absolute Gasteiger partial charge is 0.496 e. The van der Waals surface area contributed by atoms with Crippen molar-refractivity contribution in [2.45, 2.75) is 20.3 Å². The van der Waals surface area contributed by atoms with Crippen LogP contribution in [0.25, 0.3) is 0 Å². The van der Waals surface area contributed by atoms with Gasteiger partial charge in [0.1, 0.15) is 18.0 Å². The molecular weight excluding hydrogens is 533 g/mol. The third kappa shape index (κ3) is 7.87. The summed E-state index contributed by atoms with van der Waals surface area (Å²) in [7, 11) is 1.49. The van der Waals surface area contributed by atoms with Gasteiger partial charge in [0.25, 0.3) is 0 Å². The molecule has 0 aliphatic carbocycles. The van der Waals surface area contributed by atoms with Gasteiger partial charge in [-0.05, 0) is 49.7 Å². The number of rotatable bonds is 11. The first-order chi connectivity index (χ1) is 18.2. The Labute approximate surface area is 230 Å². The summed E-state index contributed by atoms with van der Waals surface area (Å²) in [6.07, 6.45) is -0.421. The summed E-state index contributed by atoms with van der Waals surface area (Å²) >= 11 is 12.9. The number of hydrogen-bond donors (Lipinski definition) is 1. The van der Waals surface area contributed by atoms with E-state index in [0.717, 1.165) is 5.56 Å². The molecule has 0 fully saturated rings. The van der Waals surface area contributed by atoms with Crippen molar-refractivity contribution in [3.63, 3.8) is 0 Å². The lowest BCUT2D eigenvalue weighted by Crippen LogP contribution is -2.31. The molecule has 0 saturated carbocycles. The Balaban J connectivity index is 1.67. The first kappa shape index (κ1) is 28.8. The Hall–Kier alpha value is -3.75. The molecule has 0 heterocycles. The standard InChI is InChI=1S/C28H27Cl2NO7/c1-4-36-25(32)16-31-28(34)37-12-11-18-13-22(29)27(23(30)14-18)38-20-9-10-24(35-3)21(15-20)26(33)19-7-5-17(2)6-8-19/h5-10,13-15H,4,11-12,16H2,1-3H3,(H,31,34). The Kier molecular flexibility index (Phi) is 10.4. The molecule has 0 radical (unpaired) electrons. The minimum absolute atomic E-state index is 0.0322. The van der Waals surface area contributed by atoms with Gasteiger partial charge in [0.05, 0.1) is 35.9 Å². The highest BCUT2D eigenvalue weighted by Gasteiger charge is 2.18. The van der Waals surface area contributed by atoms with Crippen LogP contribution in [0, 0.1) is 6.92 Å². The lowest BCUT2D eigenvalue weighted by atomic mass is 10.0. The summed E-state index contributed by atoms with van der Waals surface area (Å²) in [5, 5.41) is 2.78. The van der Waals surface area contributed by atoms with Crippen molar-refractivity contribution in [3.8, 4) is 17.2 Å². The molecule has 8 nitrogen and oxygen atoms in total. The molecule has 1 N–H and O–H groups in total. The molecule has 200 valence electrons. The number of carbonyl (C=O) groups excluding carboxylic acids is 3. The number of alkyl carbamates (subject to hydrolysis) is 1. The molecule has 38 heavy (non-hydrogen) atoms. The average Bonchev–Trinajstić information content (AvgIpc) is 2.89. The van der Waals surface area contributed by atoms with Gasteiger partial charge in [0.2, 0.25) is 0 Å². The van der Waals surface area contributed by atoms with E-state index >= 15 is 0 Å². The van der Waals surface area contributed by atoms with Crippen LogP contribution in [0.5, 0.6) is 17.2 Å². The lowest BCUT2D eigenvalue weighted by Gasteiger charge is -2.14. The highest BCUT2D eigenvalue weighted by Crippen LogP contribution is 2.39. The molecule has 3 rings (SSSR count). The fourth-order valence-electron chi connectivity index (χ4n) is 3.43. The molecular formula is C28H27Cl2NO7. The van der Waals surface area contributed by atoms with E-state index in [1.165, 1.54) is 7.11 Å². The second kappa shape index (κ2) is 13.7. The fourth-order valence-corrected chi connectivity index (χ4v) is 4.04. The first-order valence-electron chi connectivity index (χ1n) is 11.7. The Morgan fingerprint density at radius 1 is 0.921 bits per heavy atom. The van der Waals surface area contributed by atoms with Gasteiger partial charge in [-0.15, -0.1) is 0 Å². The molecule has 0 bridgehead atoms. The van der Waals surface area contributed by atoms with Crippen molar-refractivity contribution >= 4 is 41.0 Å². The number of aryl methyl sites for hydroxylation is 1. The maximum atomic E-state index is 13.1. The fraction of sp³-hybridized carbons (Fsp3) is 0.250. The molecule has 0 aliphatic rings. The van der Waals surface area contributed by atoms with Crippen LogP contribution in [0.4, 0.5) is 4.79 Å². The highest BCUT2D eigenvalue weighted by atomic mass is 35.5. The number of esters is 1. The van der Waals surface area contributed by atoms with Crippen LogP contribution in [0.3, 0.4) is 0 Å². The number of methoxy groups -OCH3 is 1. The zero-order chi connectivity index (χ0) is 27.7. The summed E-state index contributed by atoms with van der Waals surface area (Å²) in [6, 6.07) is 15.4. The number of nitrogens with one attached hydrogen (secondary N) is 1. The monoisotopic (exact) mass is 559 g/mol. The van der Waals surface area contributed by atoms with E-state index in [0.29, 0.717) is 34.6 Å². The smallest absolute Gasteiger partial charge is 0.407 e. The number of ketones is 1. The van der Waals surface area contributed by atoms with Crippen LogP contribution in [-0.4, -0.2) is 44.7 Å². The summed E-state index contributed by atoms with van der Waals surface area (Å²) in [4.78, 5) is 36.1. The zero-order valence-corrected chi connectivity index (χ0v) is 22.7. The van der Waals surface area contributed by atoms with Crippen LogP contribution in [0.15, 0.2) is 54.6 Å². The van der Waals surface area contributed by atoms with Crippen molar-refractivity contribution < 1.29 is 33.3 Å². The Morgan fingerprint density at radius 2 is 1.61 bits per heavy atom. The summed E-state index contributed by atoms with van der Waals surface area (Å²) in [5.41, 5.74) is 2.59. The quantitative estimate of drug-likeness (QED) is 0.221. The third-order valence-corrected chi connectivity index (χ3v) is 5.88. The lowest BCUT2D eigenvalue weighted by molar-refractivity contribution is -0.141. The van der Waals surface area contributed by atoms with E-state index < -0.39 is 12.1 Å². The molecule has 0 atom stereocenters. The number of halogens is 2. The van der Waals surface area contributed by atoms with E-state index in [1.807, 2.05) is 19.1 Å². The molecule has 10 heteroatoms. The Morgan fingerprint density at radius 3 is 2.24 bits per heavy atom. The normalized spacial score (nSPS) is 10.4. The number of carbonyl (C=O) groups is 3. The van der Waals surface area contributed by atoms with E-state index in [2.05, 4.69) is 5.32 Å². The zero-order valence-electron chi connectivity index (χ0n) is 21.1. The topological polar surface area (TPSA) is 100 Å². The van der Waals surface area contributed by atoms with Crippen molar-refractivity contribution in [3.05, 3.63) is 86.9 Å². The van der Waals surface area contributed by atoms with Crippen LogP contribution in [0.1, 0.15) is 34.0 Å². The maximum absolute atomic E-state index is 13.1. The minimum Gasteiger partial charge on any atom is -0.496 e. The first-order valence-corrected chi connectivity index (χ1v) is 12.5. The van der Waals surface area contributed by atoms with E-state index in [4.69, 9.17) is 42.1 Å². The van der Waals surface area contributed by atoms with Crippen LogP contribution in [-0.2, 0) is 20.7 Å². The van der Waals surface area contributed by atoms with Crippen LogP contribution < -0.4 is 14.8 Å². The van der Waals surface area contributed by atoms with Crippen LogP contribution in [0.2, 0.25) is 10.0 Å². The molecule has 0 aliphatic heterocycles. The van der Waals surface area contributed by atoms with Gasteiger partial charge >= 0.3 is 12.1 Å². The molecule has 1 amide bonds. The van der Waals surface area contributed by atoms with Crippen molar-refractivity contribution in [1.29, 1.82) is 0 Å². The molecule has 3 aromatic carbocycles. The van der Waals surface area contributed by atoms with Gasteiger partial charge in [-0.2, -0.15) is 0 Å². The van der Waals surface area contributed by atoms with Gasteiger partial charge in [0, 0.05) is 12.0 Å². The highest BCUT2D eigenvalue weighted by molar-refractivity contribution is 6.37. The van der Waals surface area contributed by atoms with Gasteiger partial charge in [-0.25, -0.2) is 4.79 Å². The molecule has 3 aromatic rings. The van der Waals surface area contributed by atoms with Gasteiger partial charge in [-0.3, -0.25) is 9.59 Å². The summed E-state index contributed by atoms with van der Waals surface area (Å²) in [6.45, 7) is 3.59. The SMILES string of the molecule is CCOC(=O)CNC(=O)OCCc1cc(Cl)c(Oc2ccc(OC)c(C(=O)c3ccc(C)cc3)c2)c(Cl)c1.